The molecule has 1 saturated carbocycles. The summed E-state index contributed by atoms with van der Waals surface area (Å²) in [5.41, 5.74) is 3.83. The minimum Gasteiger partial charge on any atom is -0.495 e. The van der Waals surface area contributed by atoms with Crippen LogP contribution in [0.5, 0.6) is 5.75 Å². The molecule has 1 aromatic rings. The van der Waals surface area contributed by atoms with Crippen LogP contribution < -0.4 is 10.1 Å². The molecule has 1 saturated heterocycles. The quantitative estimate of drug-likeness (QED) is 0.483. The second-order valence-electron chi connectivity index (χ2n) is 11.4. The number of amidine groups is 1. The zero-order valence-corrected chi connectivity index (χ0v) is 24.0. The molecule has 0 aromatic heterocycles. The van der Waals surface area contributed by atoms with E-state index in [2.05, 4.69) is 47.3 Å². The lowest BCUT2D eigenvalue weighted by molar-refractivity contribution is -0.713. The maximum absolute atomic E-state index is 12.4. The minimum absolute atomic E-state index is 0.139. The summed E-state index contributed by atoms with van der Waals surface area (Å²) in [6, 6.07) is 6.44. The molecule has 3 heterocycles. The molecule has 5 rings (SSSR count). The van der Waals surface area contributed by atoms with Crippen molar-refractivity contribution in [1.29, 1.82) is 0 Å². The van der Waals surface area contributed by atoms with Gasteiger partial charge in [0.25, 0.3) is 0 Å². The number of rotatable bonds is 8. The van der Waals surface area contributed by atoms with Crippen LogP contribution in [0.2, 0.25) is 0 Å². The highest BCUT2D eigenvalue weighted by Gasteiger charge is 2.46. The topological polar surface area (TPSA) is 78.8 Å². The largest absolute Gasteiger partial charge is 0.495 e. The molecule has 1 aromatic carbocycles. The Bertz CT molecular complexity index is 1200. The van der Waals surface area contributed by atoms with Crippen LogP contribution >= 0.6 is 0 Å². The van der Waals surface area contributed by atoms with Gasteiger partial charge in [0.05, 0.1) is 37.8 Å². The Morgan fingerprint density at radius 3 is 2.77 bits per heavy atom. The number of fused-ring (bicyclic) bond motifs is 1. The summed E-state index contributed by atoms with van der Waals surface area (Å²) in [5, 5.41) is 2.84. The summed E-state index contributed by atoms with van der Waals surface area (Å²) in [5.74, 6) is 1.93. The van der Waals surface area contributed by atoms with Gasteiger partial charge < -0.3 is 14.4 Å². The minimum atomic E-state index is -0.475. The van der Waals surface area contributed by atoms with Crippen molar-refractivity contribution in [2.24, 2.45) is 15.9 Å². The first-order chi connectivity index (χ1) is 18.8. The zero-order chi connectivity index (χ0) is 27.6. The highest BCUT2D eigenvalue weighted by Crippen LogP contribution is 2.43. The molecule has 9 heteroatoms. The normalized spacial score (nSPS) is 27.9. The number of amides is 1. The third kappa shape index (κ3) is 5.66. The number of methoxy groups -OCH3 is 1. The molecule has 0 bridgehead atoms. The molecule has 1 amide bonds. The zero-order valence-electron chi connectivity index (χ0n) is 24.0. The van der Waals surface area contributed by atoms with Gasteiger partial charge in [0, 0.05) is 38.1 Å². The van der Waals surface area contributed by atoms with Crippen LogP contribution in [0, 0.1) is 5.92 Å². The summed E-state index contributed by atoms with van der Waals surface area (Å²) in [4.78, 5) is 27.3. The maximum atomic E-state index is 12.4. The fourth-order valence-corrected chi connectivity index (χ4v) is 6.33. The summed E-state index contributed by atoms with van der Waals surface area (Å²) >= 11 is 0. The molecule has 4 atom stereocenters. The molecule has 1 N–H and O–H groups in total. The second-order valence-corrected chi connectivity index (χ2v) is 11.4. The van der Waals surface area contributed by atoms with Crippen molar-refractivity contribution in [2.75, 3.05) is 52.7 Å². The Morgan fingerprint density at radius 2 is 2.03 bits per heavy atom. The highest BCUT2D eigenvalue weighted by molar-refractivity contribution is 6.01. The number of carbonyl (C=O) groups excluding carboxylic acids is 1. The van der Waals surface area contributed by atoms with E-state index in [1.165, 1.54) is 6.42 Å². The third-order valence-electron chi connectivity index (χ3n) is 8.62. The lowest BCUT2D eigenvalue weighted by Gasteiger charge is -2.36. The Morgan fingerprint density at radius 1 is 1.23 bits per heavy atom. The summed E-state index contributed by atoms with van der Waals surface area (Å²) in [6.45, 7) is 8.57. The van der Waals surface area contributed by atoms with Crippen molar-refractivity contribution in [3.8, 4) is 5.75 Å². The summed E-state index contributed by atoms with van der Waals surface area (Å²) in [7, 11) is 5.99. The van der Waals surface area contributed by atoms with Crippen LogP contribution in [0.3, 0.4) is 0 Å². The van der Waals surface area contributed by atoms with Gasteiger partial charge in [-0.25, -0.2) is 9.28 Å². The van der Waals surface area contributed by atoms with E-state index in [1.807, 2.05) is 37.5 Å². The van der Waals surface area contributed by atoms with Crippen LogP contribution in [0.4, 0.5) is 10.5 Å². The van der Waals surface area contributed by atoms with Crippen molar-refractivity contribution < 1.29 is 18.8 Å². The molecule has 1 aliphatic carbocycles. The maximum Gasteiger partial charge on any atom is 0.412 e. The summed E-state index contributed by atoms with van der Waals surface area (Å²) < 4.78 is 11.6. The Kier molecular flexibility index (Phi) is 8.21. The molecule has 2 fully saturated rings. The first-order valence-electron chi connectivity index (χ1n) is 14.3. The second kappa shape index (κ2) is 11.6. The fraction of sp³-hybridized carbons (Fsp3) is 0.567. The van der Waals surface area contributed by atoms with Crippen molar-refractivity contribution in [2.45, 2.75) is 58.1 Å². The van der Waals surface area contributed by atoms with E-state index in [4.69, 9.17) is 14.5 Å². The van der Waals surface area contributed by atoms with Crippen LogP contribution in [0.15, 0.2) is 52.0 Å². The van der Waals surface area contributed by atoms with E-state index in [0.717, 1.165) is 74.7 Å². The van der Waals surface area contributed by atoms with Gasteiger partial charge in [0.15, 0.2) is 5.70 Å². The number of allylic oxidation sites excluding steroid dienone is 2. The number of benzene rings is 1. The van der Waals surface area contributed by atoms with E-state index in [1.54, 1.807) is 7.11 Å². The van der Waals surface area contributed by atoms with Gasteiger partial charge >= 0.3 is 6.09 Å². The number of anilines is 1. The van der Waals surface area contributed by atoms with Crippen LogP contribution in [-0.4, -0.2) is 92.0 Å². The average molecular weight is 536 g/mol. The van der Waals surface area contributed by atoms with E-state index < -0.39 is 6.09 Å². The molecule has 0 radical (unpaired) electrons. The Balaban J connectivity index is 1.37. The molecule has 210 valence electrons. The van der Waals surface area contributed by atoms with E-state index in [9.17, 15) is 4.79 Å². The number of ether oxygens (including phenoxy) is 2. The molecule has 3 unspecified atom stereocenters. The predicted octanol–water partition coefficient (Wildman–Crippen LogP) is 4.82. The Hall–Kier alpha value is -3.01. The SMILES string of the molecule is CCC[C@H](C)OC(=O)Nc1ccc(C2=NC(C3CCC(N4CCN(C)CC4)C3)=C3C=NC=C[N+]23C)cc1OC. The van der Waals surface area contributed by atoms with Crippen molar-refractivity contribution in [3.05, 3.63) is 47.6 Å². The van der Waals surface area contributed by atoms with Gasteiger partial charge in [-0.3, -0.25) is 15.2 Å². The fourth-order valence-electron chi connectivity index (χ4n) is 6.33. The lowest BCUT2D eigenvalue weighted by Crippen LogP contribution is -2.48. The molecule has 9 nitrogen and oxygen atoms in total. The molecule has 39 heavy (non-hydrogen) atoms. The molecular weight excluding hydrogens is 492 g/mol. The van der Waals surface area contributed by atoms with Crippen molar-refractivity contribution >= 4 is 23.8 Å². The number of hydrogen-bond donors (Lipinski definition) is 1. The smallest absolute Gasteiger partial charge is 0.412 e. The summed E-state index contributed by atoms with van der Waals surface area (Å²) in [6.07, 6.45) is 10.6. The molecular formula is C30H43N6O3+. The van der Waals surface area contributed by atoms with Crippen LogP contribution in [-0.2, 0) is 4.74 Å². The van der Waals surface area contributed by atoms with Gasteiger partial charge in [-0.2, -0.15) is 4.99 Å². The predicted molar refractivity (Wildman–Crippen MR) is 155 cm³/mol. The number of nitrogens with zero attached hydrogens (tertiary/aromatic N) is 5. The standard InChI is InChI=1S/C30H42N6O3/c1-6-7-21(2)39-30(37)32-25-11-9-23(19-27(25)38-5)29-33-28(26-20-31-12-17-36(26,29)4)22-8-10-24(18-22)35-15-13-34(3)14-16-35/h9,11-12,17,19-22,24H,6-8,10,13-16,18H2,1-5H3/p+1/t21-,22?,24?,36?/m0/s1. The Labute approximate surface area is 232 Å². The number of hydrogen-bond acceptors (Lipinski definition) is 7. The lowest BCUT2D eigenvalue weighted by atomic mass is 10.0. The first-order valence-corrected chi connectivity index (χ1v) is 14.3. The number of piperazine rings is 1. The highest BCUT2D eigenvalue weighted by atomic mass is 16.6. The van der Waals surface area contributed by atoms with Gasteiger partial charge in [-0.15, -0.1) is 0 Å². The number of nitrogens with one attached hydrogen (secondary N) is 1. The van der Waals surface area contributed by atoms with Crippen molar-refractivity contribution in [3.63, 3.8) is 0 Å². The number of quaternary nitrogens is 1. The van der Waals surface area contributed by atoms with E-state index in [0.29, 0.717) is 27.9 Å². The van der Waals surface area contributed by atoms with Gasteiger partial charge in [0.2, 0.25) is 5.84 Å². The van der Waals surface area contributed by atoms with Gasteiger partial charge in [-0.1, -0.05) is 13.3 Å². The molecule has 4 aliphatic rings. The van der Waals surface area contributed by atoms with E-state index in [-0.39, 0.29) is 6.10 Å². The number of likely N-dealkylation sites (N-methyl/N-ethyl adjacent to an activating group) is 1. The van der Waals surface area contributed by atoms with Crippen LogP contribution in [0.25, 0.3) is 0 Å². The molecule has 3 aliphatic heterocycles. The first kappa shape index (κ1) is 27.6. The molecule has 0 spiro atoms. The van der Waals surface area contributed by atoms with Gasteiger partial charge in [0.1, 0.15) is 23.8 Å². The van der Waals surface area contributed by atoms with Gasteiger partial charge in [-0.05, 0) is 57.9 Å². The van der Waals surface area contributed by atoms with Crippen LogP contribution in [0.1, 0.15) is 51.5 Å². The van der Waals surface area contributed by atoms with Crippen molar-refractivity contribution in [1.82, 2.24) is 9.80 Å². The van der Waals surface area contributed by atoms with E-state index >= 15 is 0 Å². The average Bonchev–Trinajstić information content (AvgIpc) is 3.52. The number of aliphatic imine (C=N–C) groups is 2. The monoisotopic (exact) mass is 535 g/mol. The number of carbonyl (C=O) groups is 1. The third-order valence-corrected chi connectivity index (χ3v) is 8.62.